The highest BCUT2D eigenvalue weighted by atomic mass is 35.5. The van der Waals surface area contributed by atoms with E-state index in [0.717, 1.165) is 31.7 Å². The lowest BCUT2D eigenvalue weighted by molar-refractivity contribution is -0.149. The van der Waals surface area contributed by atoms with Crippen LogP contribution in [0.4, 0.5) is 13.2 Å². The zero-order chi connectivity index (χ0) is 68.1. The van der Waals surface area contributed by atoms with E-state index in [9.17, 15) is 65.9 Å². The van der Waals surface area contributed by atoms with E-state index in [2.05, 4.69) is 21.3 Å². The van der Waals surface area contributed by atoms with Crippen molar-refractivity contribution in [2.75, 3.05) is 68.5 Å². The molecule has 2 aromatic carbocycles. The first-order valence-corrected chi connectivity index (χ1v) is 31.9. The lowest BCUT2D eigenvalue weighted by atomic mass is 9.92. The molecule has 91 heavy (non-hydrogen) atoms. The molecular formula is C64H92Cl2F3N11O11. The summed E-state index contributed by atoms with van der Waals surface area (Å²) in [6, 6.07) is 1.49. The van der Waals surface area contributed by atoms with Gasteiger partial charge < -0.3 is 55.6 Å². The van der Waals surface area contributed by atoms with Crippen LogP contribution in [0.1, 0.15) is 129 Å². The molecule has 504 valence electrons. The number of nitrogens with one attached hydrogen (secondary N) is 4. The third-order valence-corrected chi connectivity index (χ3v) is 18.3. The highest BCUT2D eigenvalue weighted by Gasteiger charge is 2.49. The number of carbonyl (C=O) groups excluding carboxylic acids is 11. The van der Waals surface area contributed by atoms with Crippen LogP contribution in [0.15, 0.2) is 42.5 Å². The molecule has 0 bridgehead atoms. The second-order valence-electron chi connectivity index (χ2n) is 25.7. The molecule has 1 unspecified atom stereocenters. The molecule has 0 aromatic heterocycles. The molecule has 8 atom stereocenters. The number of fused-ring (bicyclic) bond motifs is 1. The first kappa shape index (κ1) is 74.7. The monoisotopic (exact) mass is 1320 g/mol. The van der Waals surface area contributed by atoms with Gasteiger partial charge in [0.05, 0.1) is 30.2 Å². The van der Waals surface area contributed by atoms with Crippen LogP contribution >= 0.6 is 23.2 Å². The normalized spacial score (nSPS) is 24.9. The van der Waals surface area contributed by atoms with Crippen LogP contribution in [0.25, 0.3) is 0 Å². The van der Waals surface area contributed by atoms with Gasteiger partial charge in [-0.15, -0.1) is 0 Å². The third-order valence-electron chi connectivity index (χ3n) is 17.7. The standard InChI is InChI=1S/C64H92Cl2F3N11O11/c1-14-39(6)54-61(90)76(10)35-52(83)74(8)36-53(84)78(12)49(33-42-19-23-43(65)24-20-42)60(89)75(9)34-50(81)71-46(26-22-41-21-25-44(45(66)32-41)64(67,68)69)59(88)80-29-17-18-47(80)57(86)73-63(27-15-16-28-63)62(91)79(13)55(38(4)5)58(87)70-40(7)31-51(82)77(11)48(30-37(2)3)56(85)72-54/h19-21,23-25,32,37-40,46-49,54-55H,14-18,22,26-31,33-36H2,1-13H3,(H,70,87)(H,71,81)(H,72,85)(H,73,86)/t39-,40+,46-,47?,48-,49-,54-,55-/m0/s1. The molecule has 27 heteroatoms. The van der Waals surface area contributed by atoms with Crippen molar-refractivity contribution >= 4 is 88.2 Å². The van der Waals surface area contributed by atoms with Crippen LogP contribution in [0, 0.1) is 17.8 Å². The fraction of sp³-hybridized carbons (Fsp3) is 0.641. The molecule has 11 amide bonds. The summed E-state index contributed by atoms with van der Waals surface area (Å²) in [5.41, 5.74) is -1.74. The molecule has 1 saturated carbocycles. The number of halogens is 5. The molecule has 5 rings (SSSR count). The molecule has 1 spiro atoms. The van der Waals surface area contributed by atoms with Gasteiger partial charge in [-0.05, 0) is 105 Å². The summed E-state index contributed by atoms with van der Waals surface area (Å²) in [6.07, 6.45) is -2.89. The zero-order valence-electron chi connectivity index (χ0n) is 54.6. The first-order chi connectivity index (χ1) is 42.5. The molecular weight excluding hydrogens is 1230 g/mol. The first-order valence-electron chi connectivity index (χ1n) is 31.2. The predicted octanol–water partition coefficient (Wildman–Crippen LogP) is 5.09. The van der Waals surface area contributed by atoms with E-state index in [-0.39, 0.29) is 69.4 Å². The van der Waals surface area contributed by atoms with Crippen molar-refractivity contribution in [3.05, 3.63) is 69.2 Å². The number of alkyl halides is 3. The van der Waals surface area contributed by atoms with E-state index in [4.69, 9.17) is 23.2 Å². The maximum atomic E-state index is 15.0. The quantitative estimate of drug-likeness (QED) is 0.244. The van der Waals surface area contributed by atoms with Crippen LogP contribution < -0.4 is 21.3 Å². The third kappa shape index (κ3) is 19.5. The number of rotatable bonds is 10. The van der Waals surface area contributed by atoms with Crippen LogP contribution in [0.3, 0.4) is 0 Å². The lowest BCUT2D eigenvalue weighted by Gasteiger charge is -2.39. The number of carbonyl (C=O) groups is 11. The smallest absolute Gasteiger partial charge is 0.351 e. The average Bonchev–Trinajstić information content (AvgIpc) is 1.75. The Morgan fingerprint density at radius 1 is 0.648 bits per heavy atom. The minimum absolute atomic E-state index is 0.0351. The van der Waals surface area contributed by atoms with E-state index in [1.807, 2.05) is 20.8 Å². The molecule has 0 radical (unpaired) electrons. The summed E-state index contributed by atoms with van der Waals surface area (Å²) in [5, 5.41) is 11.2. The van der Waals surface area contributed by atoms with Crippen molar-refractivity contribution in [2.24, 2.45) is 17.8 Å². The maximum absolute atomic E-state index is 15.0. The lowest BCUT2D eigenvalue weighted by Crippen LogP contribution is -2.64. The minimum atomic E-state index is -4.76. The fourth-order valence-corrected chi connectivity index (χ4v) is 12.5. The van der Waals surface area contributed by atoms with Gasteiger partial charge in [0.15, 0.2) is 0 Å². The van der Waals surface area contributed by atoms with Gasteiger partial charge in [-0.2, -0.15) is 13.2 Å². The summed E-state index contributed by atoms with van der Waals surface area (Å²) in [5.74, 6) is -8.35. The van der Waals surface area contributed by atoms with Gasteiger partial charge in [-0.3, -0.25) is 52.7 Å². The van der Waals surface area contributed by atoms with Crippen molar-refractivity contribution in [2.45, 2.75) is 180 Å². The van der Waals surface area contributed by atoms with Gasteiger partial charge in [0.1, 0.15) is 41.8 Å². The van der Waals surface area contributed by atoms with Gasteiger partial charge in [0, 0.05) is 72.7 Å². The van der Waals surface area contributed by atoms with Crippen molar-refractivity contribution < 1.29 is 65.9 Å². The molecule has 2 aliphatic heterocycles. The van der Waals surface area contributed by atoms with Gasteiger partial charge in [0.25, 0.3) is 0 Å². The van der Waals surface area contributed by atoms with Crippen LogP contribution in [-0.2, 0) is 71.8 Å². The fourth-order valence-electron chi connectivity index (χ4n) is 12.1. The largest absolute Gasteiger partial charge is 0.417 e. The van der Waals surface area contributed by atoms with E-state index in [1.54, 1.807) is 52.0 Å². The average molecular weight is 1320 g/mol. The molecule has 3 fully saturated rings. The molecule has 2 saturated heterocycles. The summed E-state index contributed by atoms with van der Waals surface area (Å²) in [4.78, 5) is 167. The number of hydrogen-bond donors (Lipinski definition) is 4. The van der Waals surface area contributed by atoms with Gasteiger partial charge in [-0.25, -0.2) is 0 Å². The molecule has 2 heterocycles. The Labute approximate surface area is 542 Å². The second-order valence-corrected chi connectivity index (χ2v) is 26.5. The van der Waals surface area contributed by atoms with Gasteiger partial charge in [-0.1, -0.05) is 102 Å². The van der Waals surface area contributed by atoms with Crippen molar-refractivity contribution in [3.8, 4) is 0 Å². The Kier molecular flexibility index (Phi) is 26.7. The summed E-state index contributed by atoms with van der Waals surface area (Å²) < 4.78 is 41.3. The highest BCUT2D eigenvalue weighted by molar-refractivity contribution is 6.31. The number of benzene rings is 2. The minimum Gasteiger partial charge on any atom is -0.351 e. The highest BCUT2D eigenvalue weighted by Crippen LogP contribution is 2.36. The van der Waals surface area contributed by atoms with E-state index in [0.29, 0.717) is 36.3 Å². The van der Waals surface area contributed by atoms with Crippen molar-refractivity contribution in [1.29, 1.82) is 0 Å². The topological polar surface area (TPSA) is 259 Å². The molecule has 3 aliphatic rings. The molecule has 4 N–H and O–H groups in total. The van der Waals surface area contributed by atoms with Gasteiger partial charge >= 0.3 is 6.18 Å². The number of hydrogen-bond acceptors (Lipinski definition) is 11. The van der Waals surface area contributed by atoms with E-state index < -0.39 is 161 Å². The number of aryl methyl sites for hydroxylation is 1. The second kappa shape index (κ2) is 32.5. The van der Waals surface area contributed by atoms with Gasteiger partial charge in [0.2, 0.25) is 65.0 Å². The van der Waals surface area contributed by atoms with Crippen LogP contribution in [0.5, 0.6) is 0 Å². The number of likely N-dealkylation sites (N-methyl/N-ethyl adjacent to an activating group) is 6. The summed E-state index contributed by atoms with van der Waals surface area (Å²) >= 11 is 12.3. The SMILES string of the molecule is CC[C@H](C)[C@@H]1NC(=O)[C@H](CC(C)C)N(C)C(=O)C[C@@H](C)NC(=O)[C@H](C(C)C)N(C)C(=O)C2(CCCC2)NC(=O)C2CCCN2C(=O)[C@H](CCc2ccc(C(F)(F)F)c(Cl)c2)NC(=O)CN(C)C(=O)[C@H](Cc2ccc(Cl)cc2)N(C)C(=O)CN(C)C(=O)CN(C)C1=O. The van der Waals surface area contributed by atoms with E-state index in [1.165, 1.54) is 63.1 Å². The van der Waals surface area contributed by atoms with Crippen molar-refractivity contribution in [3.63, 3.8) is 0 Å². The number of amides is 11. The summed E-state index contributed by atoms with van der Waals surface area (Å²) in [6.45, 7) is 10.7. The molecule has 2 aromatic rings. The Hall–Kier alpha value is -7.02. The Morgan fingerprint density at radius 3 is 1.82 bits per heavy atom. The van der Waals surface area contributed by atoms with Crippen LogP contribution in [0.2, 0.25) is 10.0 Å². The number of nitrogens with zero attached hydrogens (tertiary/aromatic N) is 7. The predicted molar refractivity (Wildman–Crippen MR) is 336 cm³/mol. The zero-order valence-corrected chi connectivity index (χ0v) is 56.2. The molecule has 1 aliphatic carbocycles. The molecule has 22 nitrogen and oxygen atoms in total. The Balaban J connectivity index is 1.56. The maximum Gasteiger partial charge on any atom is 0.417 e. The summed E-state index contributed by atoms with van der Waals surface area (Å²) in [7, 11) is 8.30. The van der Waals surface area contributed by atoms with Crippen molar-refractivity contribution in [1.82, 2.24) is 55.6 Å². The van der Waals surface area contributed by atoms with E-state index >= 15 is 0 Å². The Bertz CT molecular complexity index is 2980. The Morgan fingerprint density at radius 2 is 1.24 bits per heavy atom. The van der Waals surface area contributed by atoms with Crippen LogP contribution in [-0.4, -0.2) is 216 Å².